The van der Waals surface area contributed by atoms with Crippen LogP contribution in [0.15, 0.2) is 51.9 Å². The van der Waals surface area contributed by atoms with Gasteiger partial charge >= 0.3 is 0 Å². The van der Waals surface area contributed by atoms with Crippen molar-refractivity contribution >= 4 is 44.8 Å². The molecule has 0 aliphatic carbocycles. The Hall–Kier alpha value is -2.62. The average Bonchev–Trinajstić information content (AvgIpc) is 3.08. The van der Waals surface area contributed by atoms with Crippen molar-refractivity contribution in [3.8, 4) is 0 Å². The summed E-state index contributed by atoms with van der Waals surface area (Å²) in [7, 11) is -3.99. The fraction of sp³-hybridized carbons (Fsp3) is 0.167. The molecule has 2 aromatic carbocycles. The zero-order chi connectivity index (χ0) is 21.0. The van der Waals surface area contributed by atoms with Crippen molar-refractivity contribution in [2.75, 3.05) is 11.3 Å². The van der Waals surface area contributed by atoms with Crippen LogP contribution in [0.25, 0.3) is 0 Å². The highest BCUT2D eigenvalue weighted by atomic mass is 35.5. The number of hydrogen-bond acceptors (Lipinski definition) is 6. The number of rotatable bonds is 7. The number of nitrogens with one attached hydrogen (secondary N) is 2. The van der Waals surface area contributed by atoms with Crippen LogP contribution in [-0.4, -0.2) is 31.0 Å². The Morgan fingerprint density at radius 2 is 1.97 bits per heavy atom. The number of sulfonamides is 1. The smallest absolute Gasteiger partial charge is 0.263 e. The lowest BCUT2D eigenvalue weighted by Gasteiger charge is -2.11. The van der Waals surface area contributed by atoms with E-state index in [-0.39, 0.29) is 38.6 Å². The third kappa shape index (κ3) is 5.47. The van der Waals surface area contributed by atoms with Crippen LogP contribution in [0.4, 0.5) is 5.69 Å². The second-order valence-corrected chi connectivity index (χ2v) is 8.50. The summed E-state index contributed by atoms with van der Waals surface area (Å²) in [5.74, 6) is 0.567. The molecule has 2 N–H and O–H groups in total. The molecular weight excluding hydrogens is 439 g/mol. The molecule has 0 aliphatic rings. The zero-order valence-electron chi connectivity index (χ0n) is 15.1. The van der Waals surface area contributed by atoms with Gasteiger partial charge in [-0.15, -0.1) is 0 Å². The van der Waals surface area contributed by atoms with Crippen molar-refractivity contribution in [2.24, 2.45) is 0 Å². The molecule has 8 nitrogen and oxygen atoms in total. The molecule has 3 rings (SSSR count). The topological polar surface area (TPSA) is 114 Å². The van der Waals surface area contributed by atoms with E-state index in [4.69, 9.17) is 27.7 Å². The van der Waals surface area contributed by atoms with Crippen LogP contribution in [0.5, 0.6) is 0 Å². The van der Waals surface area contributed by atoms with Crippen molar-refractivity contribution in [3.05, 3.63) is 69.8 Å². The first-order valence-electron chi connectivity index (χ1n) is 8.40. The molecular formula is C18H16Cl2N4O4S. The minimum Gasteiger partial charge on any atom is -0.352 e. The van der Waals surface area contributed by atoms with Gasteiger partial charge < -0.3 is 9.84 Å². The first-order chi connectivity index (χ1) is 13.7. The van der Waals surface area contributed by atoms with E-state index in [2.05, 4.69) is 20.2 Å². The average molecular weight is 455 g/mol. The normalized spacial score (nSPS) is 11.3. The Labute approximate surface area is 177 Å². The van der Waals surface area contributed by atoms with Gasteiger partial charge in [-0.2, -0.15) is 4.98 Å². The molecule has 0 saturated heterocycles. The van der Waals surface area contributed by atoms with E-state index in [1.165, 1.54) is 30.3 Å². The number of carbonyl (C=O) groups excluding carboxylic acids is 1. The van der Waals surface area contributed by atoms with E-state index in [9.17, 15) is 13.2 Å². The maximum absolute atomic E-state index is 12.6. The maximum atomic E-state index is 12.6. The lowest BCUT2D eigenvalue weighted by Crippen LogP contribution is -2.26. The monoisotopic (exact) mass is 454 g/mol. The highest BCUT2D eigenvalue weighted by Gasteiger charge is 2.19. The zero-order valence-corrected chi connectivity index (χ0v) is 17.5. The minimum atomic E-state index is -3.99. The minimum absolute atomic E-state index is 0.0343. The number of amides is 1. The van der Waals surface area contributed by atoms with Crippen molar-refractivity contribution in [3.63, 3.8) is 0 Å². The van der Waals surface area contributed by atoms with E-state index in [1.807, 2.05) is 0 Å². The standard InChI is InChI=1S/C18H16Cl2N4O4S/c1-11-22-17(28-23-11)7-8-21-18(25)12-3-2-4-14(9-12)24-29(26,27)16-10-13(19)5-6-15(16)20/h2-6,9-10,24H,7-8H2,1H3,(H,21,25). The highest BCUT2D eigenvalue weighted by molar-refractivity contribution is 7.92. The van der Waals surface area contributed by atoms with Crippen LogP contribution in [0, 0.1) is 6.92 Å². The van der Waals surface area contributed by atoms with Crippen LogP contribution >= 0.6 is 23.2 Å². The van der Waals surface area contributed by atoms with Gasteiger partial charge in [0.15, 0.2) is 5.82 Å². The first-order valence-corrected chi connectivity index (χ1v) is 10.6. The number of nitrogens with zero attached hydrogens (tertiary/aromatic N) is 2. The molecule has 1 aromatic heterocycles. The second kappa shape index (κ2) is 8.81. The summed E-state index contributed by atoms with van der Waals surface area (Å²) < 4.78 is 32.6. The van der Waals surface area contributed by atoms with E-state index < -0.39 is 10.0 Å². The fourth-order valence-corrected chi connectivity index (χ4v) is 4.26. The molecule has 11 heteroatoms. The van der Waals surface area contributed by atoms with Crippen molar-refractivity contribution in [1.29, 1.82) is 0 Å². The molecule has 0 atom stereocenters. The van der Waals surface area contributed by atoms with Gasteiger partial charge in [0.05, 0.1) is 5.02 Å². The molecule has 0 unspecified atom stereocenters. The Bertz CT molecular complexity index is 1150. The Balaban J connectivity index is 1.68. The maximum Gasteiger partial charge on any atom is 0.263 e. The lowest BCUT2D eigenvalue weighted by atomic mass is 10.2. The number of benzene rings is 2. The summed E-state index contributed by atoms with van der Waals surface area (Å²) >= 11 is 11.8. The second-order valence-electron chi connectivity index (χ2n) is 6.00. The van der Waals surface area contributed by atoms with Gasteiger partial charge in [-0.25, -0.2) is 8.42 Å². The highest BCUT2D eigenvalue weighted by Crippen LogP contribution is 2.27. The predicted molar refractivity (Wildman–Crippen MR) is 109 cm³/mol. The fourth-order valence-electron chi connectivity index (χ4n) is 2.44. The summed E-state index contributed by atoms with van der Waals surface area (Å²) in [6.45, 7) is 1.99. The van der Waals surface area contributed by atoms with Crippen LogP contribution in [-0.2, 0) is 16.4 Å². The van der Waals surface area contributed by atoms with Gasteiger partial charge in [0.1, 0.15) is 4.90 Å². The van der Waals surface area contributed by atoms with Crippen molar-refractivity contribution in [1.82, 2.24) is 15.5 Å². The van der Waals surface area contributed by atoms with Crippen LogP contribution in [0.2, 0.25) is 10.0 Å². The molecule has 29 heavy (non-hydrogen) atoms. The molecule has 1 amide bonds. The molecule has 0 bridgehead atoms. The SMILES string of the molecule is Cc1noc(CCNC(=O)c2cccc(NS(=O)(=O)c3cc(Cl)ccc3Cl)c2)n1. The number of carbonyl (C=O) groups is 1. The van der Waals surface area contributed by atoms with E-state index >= 15 is 0 Å². The molecule has 1 heterocycles. The number of anilines is 1. The van der Waals surface area contributed by atoms with Gasteiger partial charge in [0, 0.05) is 29.2 Å². The van der Waals surface area contributed by atoms with Crippen LogP contribution in [0.3, 0.4) is 0 Å². The molecule has 0 aliphatic heterocycles. The first kappa shape index (κ1) is 21.1. The third-order valence-corrected chi connectivity index (χ3v) is 5.85. The number of hydrogen-bond donors (Lipinski definition) is 2. The van der Waals surface area contributed by atoms with Crippen molar-refractivity contribution in [2.45, 2.75) is 18.2 Å². The summed E-state index contributed by atoms with van der Waals surface area (Å²) in [6, 6.07) is 10.2. The van der Waals surface area contributed by atoms with Gasteiger partial charge in [-0.1, -0.05) is 34.4 Å². The third-order valence-electron chi connectivity index (χ3n) is 3.75. The van der Waals surface area contributed by atoms with Gasteiger partial charge in [0.25, 0.3) is 15.9 Å². The van der Waals surface area contributed by atoms with Crippen LogP contribution < -0.4 is 10.0 Å². The Kier molecular flexibility index (Phi) is 6.41. The molecule has 3 aromatic rings. The Morgan fingerprint density at radius 1 is 1.17 bits per heavy atom. The number of halogens is 2. The summed E-state index contributed by atoms with van der Waals surface area (Å²) in [5, 5.41) is 6.66. The Morgan fingerprint density at radius 3 is 2.69 bits per heavy atom. The summed E-state index contributed by atoms with van der Waals surface area (Å²) in [4.78, 5) is 16.2. The molecule has 152 valence electrons. The van der Waals surface area contributed by atoms with Crippen molar-refractivity contribution < 1.29 is 17.7 Å². The van der Waals surface area contributed by atoms with Gasteiger partial charge in [0.2, 0.25) is 5.89 Å². The van der Waals surface area contributed by atoms with E-state index in [0.717, 1.165) is 0 Å². The van der Waals surface area contributed by atoms with E-state index in [1.54, 1.807) is 19.1 Å². The lowest BCUT2D eigenvalue weighted by molar-refractivity contribution is 0.0953. The molecule has 0 fully saturated rings. The molecule has 0 spiro atoms. The predicted octanol–water partition coefficient (Wildman–Crippen LogP) is 3.46. The van der Waals surface area contributed by atoms with E-state index in [0.29, 0.717) is 18.1 Å². The quantitative estimate of drug-likeness (QED) is 0.564. The van der Waals surface area contributed by atoms with Gasteiger partial charge in [-0.3, -0.25) is 9.52 Å². The molecule has 0 saturated carbocycles. The van der Waals surface area contributed by atoms with Gasteiger partial charge in [-0.05, 0) is 43.3 Å². The molecule has 0 radical (unpaired) electrons. The van der Waals surface area contributed by atoms with Crippen LogP contribution in [0.1, 0.15) is 22.1 Å². The number of aryl methyl sites for hydroxylation is 1. The largest absolute Gasteiger partial charge is 0.352 e. The summed E-state index contributed by atoms with van der Waals surface area (Å²) in [5.41, 5.74) is 0.491. The number of aromatic nitrogens is 2. The summed E-state index contributed by atoms with van der Waals surface area (Å²) in [6.07, 6.45) is 0.381.